The molecule has 4 aromatic rings. The Labute approximate surface area is 228 Å². The highest BCUT2D eigenvalue weighted by Crippen LogP contribution is 2.32. The first kappa shape index (κ1) is 27.2. The molecule has 1 N–H and O–H groups in total. The van der Waals surface area contributed by atoms with Crippen LogP contribution < -0.4 is 4.72 Å². The number of pyridine rings is 1. The lowest BCUT2D eigenvalue weighted by atomic mass is 10.0. The summed E-state index contributed by atoms with van der Waals surface area (Å²) in [5.41, 5.74) is -1.89. The van der Waals surface area contributed by atoms with E-state index in [9.17, 15) is 22.4 Å². The maximum Gasteiger partial charge on any atom is 0.266 e. The van der Waals surface area contributed by atoms with Crippen molar-refractivity contribution in [2.24, 2.45) is 0 Å². The standard InChI is InChI=1S/C24H16BrCl2F2N3O4S/c1-2-8-37(35,36)31-18-7-6-17(28)20(21(18)29)22(33)14-11-32(23-13(14)9-12(25)10-30-23)24(34)19-15(26)4-3-5-16(19)27/h3-7,9-11,31H,2,8H2,1H3. The van der Waals surface area contributed by atoms with Gasteiger partial charge in [-0.15, -0.1) is 0 Å². The van der Waals surface area contributed by atoms with Gasteiger partial charge in [0.2, 0.25) is 15.8 Å². The van der Waals surface area contributed by atoms with Crippen molar-refractivity contribution >= 4 is 77.6 Å². The van der Waals surface area contributed by atoms with Crippen LogP contribution in [0.1, 0.15) is 39.6 Å². The van der Waals surface area contributed by atoms with E-state index >= 15 is 4.39 Å². The molecule has 0 saturated heterocycles. The van der Waals surface area contributed by atoms with E-state index in [0.717, 1.165) is 22.9 Å². The fraction of sp³-hybridized carbons (Fsp3) is 0.125. The molecule has 37 heavy (non-hydrogen) atoms. The normalized spacial score (nSPS) is 11.6. The molecule has 0 aliphatic rings. The highest BCUT2D eigenvalue weighted by molar-refractivity contribution is 9.10. The van der Waals surface area contributed by atoms with Crippen molar-refractivity contribution in [1.29, 1.82) is 0 Å². The maximum absolute atomic E-state index is 15.3. The van der Waals surface area contributed by atoms with Gasteiger partial charge in [-0.25, -0.2) is 22.2 Å². The first-order valence-corrected chi connectivity index (χ1v) is 13.8. The van der Waals surface area contributed by atoms with Crippen LogP contribution in [0.4, 0.5) is 14.5 Å². The maximum atomic E-state index is 15.3. The number of aromatic nitrogens is 2. The second-order valence-electron chi connectivity index (χ2n) is 7.87. The molecule has 2 aromatic heterocycles. The quantitative estimate of drug-likeness (QED) is 0.237. The molecule has 0 bridgehead atoms. The molecular formula is C24H16BrCl2F2N3O4S. The first-order chi connectivity index (χ1) is 17.4. The second kappa shape index (κ2) is 10.5. The number of ketones is 1. The Hall–Kier alpha value is -2.86. The Morgan fingerprint density at radius 3 is 2.43 bits per heavy atom. The van der Waals surface area contributed by atoms with E-state index < -0.39 is 44.6 Å². The monoisotopic (exact) mass is 629 g/mol. The molecule has 0 aliphatic carbocycles. The van der Waals surface area contributed by atoms with E-state index in [0.29, 0.717) is 4.47 Å². The summed E-state index contributed by atoms with van der Waals surface area (Å²) in [7, 11) is -3.93. The van der Waals surface area contributed by atoms with E-state index in [-0.39, 0.29) is 44.4 Å². The van der Waals surface area contributed by atoms with Gasteiger partial charge in [-0.05, 0) is 52.7 Å². The predicted octanol–water partition coefficient (Wildman–Crippen LogP) is 6.46. The number of anilines is 1. The molecule has 2 aromatic carbocycles. The Morgan fingerprint density at radius 2 is 1.78 bits per heavy atom. The summed E-state index contributed by atoms with van der Waals surface area (Å²) in [6.45, 7) is 1.62. The molecule has 0 amide bonds. The van der Waals surface area contributed by atoms with Gasteiger partial charge in [0.1, 0.15) is 11.5 Å². The van der Waals surface area contributed by atoms with Crippen LogP contribution >= 0.6 is 39.1 Å². The van der Waals surface area contributed by atoms with E-state index in [1.165, 1.54) is 24.4 Å². The van der Waals surface area contributed by atoms with Gasteiger partial charge in [0.15, 0.2) is 5.82 Å². The molecule has 4 rings (SSSR count). The number of nitrogens with zero attached hydrogens (tertiary/aromatic N) is 2. The molecule has 0 aliphatic heterocycles. The van der Waals surface area contributed by atoms with Crippen molar-refractivity contribution < 1.29 is 26.8 Å². The van der Waals surface area contributed by atoms with E-state index in [1.54, 1.807) is 13.0 Å². The lowest BCUT2D eigenvalue weighted by Gasteiger charge is -2.11. The van der Waals surface area contributed by atoms with Crippen LogP contribution in [0, 0.1) is 11.6 Å². The minimum atomic E-state index is -3.93. The van der Waals surface area contributed by atoms with Gasteiger partial charge in [0.05, 0.1) is 38.2 Å². The van der Waals surface area contributed by atoms with Gasteiger partial charge < -0.3 is 0 Å². The number of hydrogen-bond acceptors (Lipinski definition) is 5. The second-order valence-corrected chi connectivity index (χ2v) is 11.4. The number of halogens is 5. The first-order valence-electron chi connectivity index (χ1n) is 10.6. The number of carbonyl (C=O) groups is 2. The van der Waals surface area contributed by atoms with Crippen LogP contribution in [-0.2, 0) is 10.0 Å². The summed E-state index contributed by atoms with van der Waals surface area (Å²) < 4.78 is 57.9. The van der Waals surface area contributed by atoms with Crippen LogP contribution in [0.5, 0.6) is 0 Å². The van der Waals surface area contributed by atoms with Crippen molar-refractivity contribution in [3.05, 3.63) is 91.6 Å². The summed E-state index contributed by atoms with van der Waals surface area (Å²) in [6, 6.07) is 7.59. The molecule has 0 radical (unpaired) electrons. The summed E-state index contributed by atoms with van der Waals surface area (Å²) in [4.78, 5) is 31.1. The number of nitrogens with one attached hydrogen (secondary N) is 1. The van der Waals surface area contributed by atoms with Crippen LogP contribution in [0.2, 0.25) is 10.0 Å². The van der Waals surface area contributed by atoms with Crippen molar-refractivity contribution in [2.45, 2.75) is 13.3 Å². The lowest BCUT2D eigenvalue weighted by Crippen LogP contribution is -2.18. The van der Waals surface area contributed by atoms with Crippen molar-refractivity contribution in [1.82, 2.24) is 9.55 Å². The molecule has 0 unspecified atom stereocenters. The number of hydrogen-bond donors (Lipinski definition) is 1. The molecule has 0 fully saturated rings. The average molecular weight is 631 g/mol. The topological polar surface area (TPSA) is 98.1 Å². The minimum Gasteiger partial charge on any atom is -0.288 e. The Bertz CT molecular complexity index is 1670. The van der Waals surface area contributed by atoms with Crippen LogP contribution in [0.15, 0.2) is 53.3 Å². The zero-order chi connectivity index (χ0) is 27.1. The summed E-state index contributed by atoms with van der Waals surface area (Å²) in [5, 5.41) is 0.202. The van der Waals surface area contributed by atoms with E-state index in [1.807, 2.05) is 4.72 Å². The number of fused-ring (bicyclic) bond motifs is 1. The fourth-order valence-corrected chi connectivity index (χ4v) is 5.72. The molecule has 0 spiro atoms. The fourth-order valence-electron chi connectivity index (χ4n) is 3.70. The van der Waals surface area contributed by atoms with Crippen molar-refractivity contribution in [2.75, 3.05) is 10.5 Å². The van der Waals surface area contributed by atoms with E-state index in [4.69, 9.17) is 23.2 Å². The Morgan fingerprint density at radius 1 is 1.11 bits per heavy atom. The molecule has 2 heterocycles. The highest BCUT2D eigenvalue weighted by atomic mass is 79.9. The van der Waals surface area contributed by atoms with Crippen LogP contribution in [0.25, 0.3) is 11.0 Å². The van der Waals surface area contributed by atoms with E-state index in [2.05, 4.69) is 20.9 Å². The zero-order valence-corrected chi connectivity index (χ0v) is 22.8. The number of rotatable bonds is 7. The molecule has 13 heteroatoms. The summed E-state index contributed by atoms with van der Waals surface area (Å²) in [5.74, 6) is -4.77. The van der Waals surface area contributed by atoms with Gasteiger partial charge in [-0.2, -0.15) is 0 Å². The summed E-state index contributed by atoms with van der Waals surface area (Å²) in [6.07, 6.45) is 2.72. The number of benzene rings is 2. The third kappa shape index (κ3) is 5.26. The minimum absolute atomic E-state index is 0.00755. The Balaban J connectivity index is 1.89. The average Bonchev–Trinajstić information content (AvgIpc) is 3.19. The molecule has 0 atom stereocenters. The third-order valence-electron chi connectivity index (χ3n) is 5.31. The smallest absolute Gasteiger partial charge is 0.266 e. The molecule has 192 valence electrons. The highest BCUT2D eigenvalue weighted by Gasteiger charge is 2.29. The molecular weight excluding hydrogens is 615 g/mol. The van der Waals surface area contributed by atoms with Crippen molar-refractivity contribution in [3.63, 3.8) is 0 Å². The predicted molar refractivity (Wildman–Crippen MR) is 141 cm³/mol. The Kier molecular flexibility index (Phi) is 7.70. The van der Waals surface area contributed by atoms with Gasteiger partial charge in [-0.1, -0.05) is 36.2 Å². The summed E-state index contributed by atoms with van der Waals surface area (Å²) >= 11 is 15.6. The number of carbonyl (C=O) groups excluding carboxylic acids is 2. The molecule has 7 nitrogen and oxygen atoms in total. The molecule has 0 saturated carbocycles. The SMILES string of the molecule is CCCS(=O)(=O)Nc1ccc(F)c(C(=O)c2cn(C(=O)c3c(Cl)cccc3Cl)c3ncc(Br)cc23)c1F. The lowest BCUT2D eigenvalue weighted by molar-refractivity contribution is 0.0964. The van der Waals surface area contributed by atoms with Gasteiger partial charge in [-0.3, -0.25) is 18.9 Å². The zero-order valence-electron chi connectivity index (χ0n) is 18.9. The van der Waals surface area contributed by atoms with Crippen LogP contribution in [-0.4, -0.2) is 35.4 Å². The van der Waals surface area contributed by atoms with Gasteiger partial charge in [0, 0.05) is 22.3 Å². The van der Waals surface area contributed by atoms with Crippen LogP contribution in [0.3, 0.4) is 0 Å². The number of sulfonamides is 1. The largest absolute Gasteiger partial charge is 0.288 e. The third-order valence-corrected chi connectivity index (χ3v) is 7.85. The van der Waals surface area contributed by atoms with Gasteiger partial charge >= 0.3 is 0 Å². The van der Waals surface area contributed by atoms with Crippen molar-refractivity contribution in [3.8, 4) is 0 Å². The van der Waals surface area contributed by atoms with Gasteiger partial charge in [0.25, 0.3) is 5.91 Å².